The second kappa shape index (κ2) is 10.3. The van der Waals surface area contributed by atoms with Crippen molar-refractivity contribution in [3.8, 4) is 0 Å². The summed E-state index contributed by atoms with van der Waals surface area (Å²) in [6, 6.07) is 0. The number of ether oxygens (including phenoxy) is 1. The molecular weight excluding hydrogens is 316 g/mol. The van der Waals surface area contributed by atoms with Gasteiger partial charge in [-0.05, 0) is 43.8 Å². The molecule has 0 radical (unpaired) electrons. The molecule has 0 saturated carbocycles. The van der Waals surface area contributed by atoms with Gasteiger partial charge in [0.05, 0.1) is 6.10 Å². The van der Waals surface area contributed by atoms with E-state index < -0.39 is 6.61 Å². The van der Waals surface area contributed by atoms with Crippen LogP contribution in [-0.2, 0) is 9.53 Å². The van der Waals surface area contributed by atoms with Crippen molar-refractivity contribution in [2.45, 2.75) is 53.1 Å². The van der Waals surface area contributed by atoms with E-state index >= 15 is 0 Å². The molecule has 0 spiro atoms. The molecule has 0 aromatic heterocycles. The van der Waals surface area contributed by atoms with Crippen molar-refractivity contribution >= 4 is 11.5 Å². The molecule has 1 aliphatic carbocycles. The molecule has 2 N–H and O–H groups in total. The fourth-order valence-corrected chi connectivity index (χ4v) is 2.68. The molecule has 1 atom stereocenters. The van der Waals surface area contributed by atoms with Crippen LogP contribution in [0.15, 0.2) is 40.7 Å². The van der Waals surface area contributed by atoms with Crippen LogP contribution in [0.1, 0.15) is 47.0 Å². The monoisotopic (exact) mass is 348 g/mol. The molecule has 25 heavy (non-hydrogen) atoms. The first kappa shape index (κ1) is 21.3. The van der Waals surface area contributed by atoms with E-state index in [2.05, 4.69) is 37.2 Å². The maximum atomic E-state index is 11.3. The van der Waals surface area contributed by atoms with Gasteiger partial charge >= 0.3 is 0 Å². The zero-order chi connectivity index (χ0) is 18.9. The van der Waals surface area contributed by atoms with Gasteiger partial charge in [-0.25, -0.2) is 0 Å². The summed E-state index contributed by atoms with van der Waals surface area (Å²) in [5.74, 6) is -0.262. The Morgan fingerprint density at radius 1 is 1.48 bits per heavy atom. The number of Topliss-reactive ketones (excluding diaryl/α,β-unsaturated/α-hetero) is 1. The van der Waals surface area contributed by atoms with Gasteiger partial charge in [-0.3, -0.25) is 9.79 Å². The van der Waals surface area contributed by atoms with Crippen molar-refractivity contribution in [2.24, 2.45) is 10.4 Å². The quantitative estimate of drug-likeness (QED) is 0.628. The number of methoxy groups -OCH3 is 1. The topological polar surface area (TPSA) is 70.9 Å². The lowest BCUT2D eigenvalue weighted by Gasteiger charge is -2.31. The predicted molar refractivity (Wildman–Crippen MR) is 103 cm³/mol. The molecule has 140 valence electrons. The van der Waals surface area contributed by atoms with Crippen LogP contribution in [0.5, 0.6) is 0 Å². The van der Waals surface area contributed by atoms with E-state index in [-0.39, 0.29) is 23.8 Å². The molecule has 0 aliphatic heterocycles. The first-order valence-electron chi connectivity index (χ1n) is 8.84. The van der Waals surface area contributed by atoms with Gasteiger partial charge in [0.15, 0.2) is 5.78 Å². The van der Waals surface area contributed by atoms with E-state index in [4.69, 9.17) is 9.84 Å². The van der Waals surface area contributed by atoms with Crippen molar-refractivity contribution in [3.05, 3.63) is 35.7 Å². The third kappa shape index (κ3) is 8.27. The molecule has 5 heteroatoms. The molecule has 0 bridgehead atoms. The molecule has 0 saturated heterocycles. The van der Waals surface area contributed by atoms with Gasteiger partial charge in [0.2, 0.25) is 0 Å². The molecule has 5 nitrogen and oxygen atoms in total. The number of nitrogens with one attached hydrogen (secondary N) is 1. The van der Waals surface area contributed by atoms with E-state index in [1.54, 1.807) is 7.11 Å². The summed E-state index contributed by atoms with van der Waals surface area (Å²) in [7, 11) is 1.69. The minimum atomic E-state index is -0.457. The summed E-state index contributed by atoms with van der Waals surface area (Å²) in [5, 5.41) is 12.3. The average molecular weight is 348 g/mol. The number of ketones is 1. The van der Waals surface area contributed by atoms with E-state index in [9.17, 15) is 4.79 Å². The molecule has 1 rings (SSSR count). The number of aliphatic hydroxyl groups is 1. The highest BCUT2D eigenvalue weighted by Crippen LogP contribution is 2.33. The molecule has 0 fully saturated rings. The van der Waals surface area contributed by atoms with Crippen LogP contribution >= 0.6 is 0 Å². The Morgan fingerprint density at radius 2 is 2.20 bits per heavy atom. The molecule has 1 unspecified atom stereocenters. The largest absolute Gasteiger partial charge is 0.389 e. The standard InChI is InChI=1S/C20H32N2O3/c1-6-7-16(9-8-15(2)25-5)22-18-10-17(11-20(3,4)12-18)21-13-19(24)14-23/h7-10,15,22-23H,6,11-14H2,1-5H3/b9-8-,16-7+,21-17?. The molecule has 0 aromatic carbocycles. The Morgan fingerprint density at radius 3 is 2.80 bits per heavy atom. The summed E-state index contributed by atoms with van der Waals surface area (Å²) >= 11 is 0. The molecular formula is C20H32N2O3. The summed E-state index contributed by atoms with van der Waals surface area (Å²) < 4.78 is 5.26. The maximum Gasteiger partial charge on any atom is 0.179 e. The zero-order valence-electron chi connectivity index (χ0n) is 16.1. The van der Waals surface area contributed by atoms with Crippen LogP contribution in [0.2, 0.25) is 0 Å². The first-order chi connectivity index (χ1) is 11.8. The Balaban J connectivity index is 2.94. The van der Waals surface area contributed by atoms with Crippen molar-refractivity contribution in [1.29, 1.82) is 0 Å². The third-order valence-corrected chi connectivity index (χ3v) is 3.95. The molecule has 0 amide bonds. The summed E-state index contributed by atoms with van der Waals surface area (Å²) in [5.41, 5.74) is 3.08. The van der Waals surface area contributed by atoms with Gasteiger partial charge in [-0.15, -0.1) is 0 Å². The van der Waals surface area contributed by atoms with Gasteiger partial charge in [0.25, 0.3) is 0 Å². The van der Waals surface area contributed by atoms with Gasteiger partial charge in [0, 0.05) is 24.2 Å². The zero-order valence-corrected chi connectivity index (χ0v) is 16.1. The van der Waals surface area contributed by atoms with Crippen LogP contribution in [-0.4, -0.2) is 43.0 Å². The minimum absolute atomic E-state index is 0.0363. The van der Waals surface area contributed by atoms with E-state index in [1.807, 2.05) is 25.2 Å². The second-order valence-corrected chi connectivity index (χ2v) is 7.18. The second-order valence-electron chi connectivity index (χ2n) is 7.18. The summed E-state index contributed by atoms with van der Waals surface area (Å²) in [6.07, 6.45) is 10.9. The van der Waals surface area contributed by atoms with E-state index in [0.29, 0.717) is 0 Å². The fraction of sp³-hybridized carbons (Fsp3) is 0.600. The smallest absolute Gasteiger partial charge is 0.179 e. The molecule has 0 aromatic rings. The van der Waals surface area contributed by atoms with E-state index in [1.165, 1.54) is 0 Å². The number of hydrogen-bond donors (Lipinski definition) is 2. The Bertz CT molecular complexity index is 571. The van der Waals surface area contributed by atoms with Crippen LogP contribution in [0.25, 0.3) is 0 Å². The van der Waals surface area contributed by atoms with Crippen LogP contribution in [0.3, 0.4) is 0 Å². The van der Waals surface area contributed by atoms with Crippen molar-refractivity contribution in [2.75, 3.05) is 20.3 Å². The first-order valence-corrected chi connectivity index (χ1v) is 8.84. The normalized spacial score (nSPS) is 20.6. The lowest BCUT2D eigenvalue weighted by atomic mass is 9.78. The Kier molecular flexibility index (Phi) is 8.79. The molecule has 0 heterocycles. The van der Waals surface area contributed by atoms with Gasteiger partial charge in [-0.2, -0.15) is 0 Å². The number of carbonyl (C=O) groups is 1. The average Bonchev–Trinajstić information content (AvgIpc) is 2.56. The van der Waals surface area contributed by atoms with Gasteiger partial charge in [-0.1, -0.05) is 32.9 Å². The number of nitrogens with zero attached hydrogens (tertiary/aromatic N) is 1. The third-order valence-electron chi connectivity index (χ3n) is 3.95. The number of hydrogen-bond acceptors (Lipinski definition) is 5. The van der Waals surface area contributed by atoms with Crippen molar-refractivity contribution in [3.63, 3.8) is 0 Å². The van der Waals surface area contributed by atoms with Crippen molar-refractivity contribution in [1.82, 2.24) is 5.32 Å². The van der Waals surface area contributed by atoms with Gasteiger partial charge in [0.1, 0.15) is 13.2 Å². The van der Waals surface area contributed by atoms with Gasteiger partial charge < -0.3 is 15.2 Å². The Labute approximate surface area is 151 Å². The number of carbonyl (C=O) groups excluding carboxylic acids is 1. The number of aliphatic hydroxyl groups excluding tert-OH is 1. The highest BCUT2D eigenvalue weighted by molar-refractivity contribution is 5.98. The lowest BCUT2D eigenvalue weighted by Crippen LogP contribution is -2.28. The van der Waals surface area contributed by atoms with Crippen molar-refractivity contribution < 1.29 is 14.6 Å². The van der Waals surface area contributed by atoms with Crippen LogP contribution in [0, 0.1) is 5.41 Å². The van der Waals surface area contributed by atoms with Crippen LogP contribution in [0.4, 0.5) is 0 Å². The van der Waals surface area contributed by atoms with Crippen LogP contribution < -0.4 is 5.32 Å². The minimum Gasteiger partial charge on any atom is -0.389 e. The highest BCUT2D eigenvalue weighted by atomic mass is 16.5. The summed E-state index contributed by atoms with van der Waals surface area (Å²) in [6.45, 7) is 8.05. The maximum absolute atomic E-state index is 11.3. The SMILES string of the molecule is CC/C=C(\C=C/C(C)OC)NC1=CC(=NCC(=O)CO)CC(C)(C)C1. The highest BCUT2D eigenvalue weighted by Gasteiger charge is 2.26. The lowest BCUT2D eigenvalue weighted by molar-refractivity contribution is -0.120. The Hall–Kier alpha value is -1.72. The number of rotatable bonds is 9. The number of aliphatic imine (C=N–C) groups is 1. The fourth-order valence-electron chi connectivity index (χ4n) is 2.68. The van der Waals surface area contributed by atoms with E-state index in [0.717, 1.165) is 36.4 Å². The number of allylic oxidation sites excluding steroid dienone is 4. The summed E-state index contributed by atoms with van der Waals surface area (Å²) in [4.78, 5) is 15.7. The predicted octanol–water partition coefficient (Wildman–Crippen LogP) is 3.17. The molecule has 1 aliphatic rings.